The van der Waals surface area contributed by atoms with E-state index in [2.05, 4.69) is 30.4 Å². The fraction of sp³-hybridized carbons (Fsp3) is 0.412. The molecular formula is C17H19ClN8O2. The monoisotopic (exact) mass is 402 g/mol. The number of fused-ring (bicyclic) bond motifs is 1. The quantitative estimate of drug-likeness (QED) is 0.693. The van der Waals surface area contributed by atoms with E-state index in [1.54, 1.807) is 29.8 Å². The SMILES string of the molecule is CC[C@H]1COC(=O)N1c1nc(C)nc(NC(C)c2cnc3ccc(Cl)nn23)n1. The number of rotatable bonds is 5. The molecule has 11 heteroatoms. The Morgan fingerprint density at radius 2 is 2.18 bits per heavy atom. The van der Waals surface area contributed by atoms with E-state index < -0.39 is 6.09 Å². The van der Waals surface area contributed by atoms with Crippen LogP contribution >= 0.6 is 11.6 Å². The number of cyclic esters (lactones) is 1. The molecule has 1 aliphatic rings. The lowest BCUT2D eigenvalue weighted by Crippen LogP contribution is -2.34. The van der Waals surface area contributed by atoms with Gasteiger partial charge in [0.05, 0.1) is 24.0 Å². The fourth-order valence-corrected chi connectivity index (χ4v) is 3.22. The first-order valence-electron chi connectivity index (χ1n) is 8.91. The van der Waals surface area contributed by atoms with Gasteiger partial charge in [-0.15, -0.1) is 0 Å². The van der Waals surface area contributed by atoms with E-state index in [-0.39, 0.29) is 18.0 Å². The molecule has 10 nitrogen and oxygen atoms in total. The molecule has 1 aliphatic heterocycles. The topological polar surface area (TPSA) is 110 Å². The van der Waals surface area contributed by atoms with Gasteiger partial charge in [-0.3, -0.25) is 0 Å². The van der Waals surface area contributed by atoms with Crippen molar-refractivity contribution in [1.82, 2.24) is 29.5 Å². The Labute approximate surface area is 165 Å². The van der Waals surface area contributed by atoms with Crippen molar-refractivity contribution in [2.24, 2.45) is 0 Å². The summed E-state index contributed by atoms with van der Waals surface area (Å²) in [7, 11) is 0. The van der Waals surface area contributed by atoms with Crippen molar-refractivity contribution in [3.8, 4) is 0 Å². The van der Waals surface area contributed by atoms with Crippen LogP contribution in [0.15, 0.2) is 18.3 Å². The van der Waals surface area contributed by atoms with Crippen molar-refractivity contribution in [2.45, 2.75) is 39.3 Å². The summed E-state index contributed by atoms with van der Waals surface area (Å²) < 4.78 is 6.80. The number of carbonyl (C=O) groups excluding carboxylic acids is 1. The molecule has 0 aliphatic carbocycles. The molecule has 28 heavy (non-hydrogen) atoms. The highest BCUT2D eigenvalue weighted by atomic mass is 35.5. The van der Waals surface area contributed by atoms with Gasteiger partial charge >= 0.3 is 6.09 Å². The second kappa shape index (κ2) is 7.19. The molecule has 1 fully saturated rings. The van der Waals surface area contributed by atoms with Crippen LogP contribution in [0.1, 0.15) is 37.8 Å². The maximum atomic E-state index is 12.1. The van der Waals surface area contributed by atoms with Gasteiger partial charge in [0.15, 0.2) is 5.65 Å². The van der Waals surface area contributed by atoms with Gasteiger partial charge in [0, 0.05) is 0 Å². The molecule has 1 amide bonds. The molecule has 3 aromatic rings. The van der Waals surface area contributed by atoms with Gasteiger partial charge in [-0.25, -0.2) is 19.2 Å². The highest BCUT2D eigenvalue weighted by molar-refractivity contribution is 6.29. The van der Waals surface area contributed by atoms with Crippen LogP contribution in [0.3, 0.4) is 0 Å². The van der Waals surface area contributed by atoms with Crippen LogP contribution < -0.4 is 10.2 Å². The van der Waals surface area contributed by atoms with Crippen LogP contribution in [0.5, 0.6) is 0 Å². The normalized spacial score (nSPS) is 17.8. The number of hydrogen-bond acceptors (Lipinski definition) is 8. The van der Waals surface area contributed by atoms with Crippen LogP contribution in [-0.4, -0.2) is 48.3 Å². The number of nitrogens with one attached hydrogen (secondary N) is 1. The summed E-state index contributed by atoms with van der Waals surface area (Å²) >= 11 is 6.01. The molecule has 0 bridgehead atoms. The summed E-state index contributed by atoms with van der Waals surface area (Å²) in [6.07, 6.45) is 2.01. The lowest BCUT2D eigenvalue weighted by atomic mass is 10.2. The van der Waals surface area contributed by atoms with Gasteiger partial charge in [0.1, 0.15) is 17.6 Å². The van der Waals surface area contributed by atoms with Gasteiger partial charge in [-0.05, 0) is 32.4 Å². The van der Waals surface area contributed by atoms with Crippen LogP contribution in [0.4, 0.5) is 16.7 Å². The summed E-state index contributed by atoms with van der Waals surface area (Å²) in [5.74, 6) is 1.12. The van der Waals surface area contributed by atoms with Gasteiger partial charge in [-0.2, -0.15) is 20.1 Å². The molecule has 0 spiro atoms. The maximum absolute atomic E-state index is 12.1. The lowest BCUT2D eigenvalue weighted by Gasteiger charge is -2.19. The molecule has 1 saturated heterocycles. The van der Waals surface area contributed by atoms with Gasteiger partial charge in [0.2, 0.25) is 11.9 Å². The van der Waals surface area contributed by atoms with Crippen LogP contribution in [0.25, 0.3) is 5.65 Å². The van der Waals surface area contributed by atoms with Crippen molar-refractivity contribution in [2.75, 3.05) is 16.8 Å². The van der Waals surface area contributed by atoms with Crippen LogP contribution in [-0.2, 0) is 4.74 Å². The Kier molecular flexibility index (Phi) is 4.71. The number of nitrogens with zero attached hydrogens (tertiary/aromatic N) is 7. The molecule has 0 radical (unpaired) electrons. The van der Waals surface area contributed by atoms with Crippen molar-refractivity contribution in [3.05, 3.63) is 35.0 Å². The molecule has 1 unspecified atom stereocenters. The Morgan fingerprint density at radius 1 is 1.36 bits per heavy atom. The number of aromatic nitrogens is 6. The highest BCUT2D eigenvalue weighted by Gasteiger charge is 2.35. The second-order valence-corrected chi connectivity index (χ2v) is 6.88. The van der Waals surface area contributed by atoms with E-state index in [1.165, 1.54) is 4.90 Å². The molecule has 0 aromatic carbocycles. The third-order valence-electron chi connectivity index (χ3n) is 4.53. The number of anilines is 2. The summed E-state index contributed by atoms with van der Waals surface area (Å²) in [6, 6.07) is 3.17. The zero-order valence-corrected chi connectivity index (χ0v) is 16.4. The Hall–Kier alpha value is -3.01. The van der Waals surface area contributed by atoms with E-state index in [9.17, 15) is 4.79 Å². The standard InChI is InChI=1S/C17H19ClN8O2/c1-4-11-8-28-17(27)25(11)16-22-10(3)21-15(23-16)20-9(2)12-7-19-14-6-5-13(18)24-26(12)14/h5-7,9,11H,4,8H2,1-3H3,(H,20,21,22,23)/t9?,11-/m0/s1. The van der Waals surface area contributed by atoms with Crippen molar-refractivity contribution < 1.29 is 9.53 Å². The highest BCUT2D eigenvalue weighted by Crippen LogP contribution is 2.24. The van der Waals surface area contributed by atoms with Crippen LogP contribution in [0.2, 0.25) is 5.15 Å². The zero-order chi connectivity index (χ0) is 19.8. The minimum absolute atomic E-state index is 0.0929. The molecule has 1 N–H and O–H groups in total. The second-order valence-electron chi connectivity index (χ2n) is 6.49. The molecule has 2 atom stereocenters. The third kappa shape index (κ3) is 3.31. The minimum Gasteiger partial charge on any atom is -0.447 e. The number of halogens is 1. The van der Waals surface area contributed by atoms with Gasteiger partial charge in [-0.1, -0.05) is 18.5 Å². The smallest absolute Gasteiger partial charge is 0.417 e. The first-order chi connectivity index (χ1) is 13.5. The number of ether oxygens (including phenoxy) is 1. The Bertz CT molecular complexity index is 1040. The van der Waals surface area contributed by atoms with Gasteiger partial charge in [0.25, 0.3) is 0 Å². The number of amides is 1. The molecule has 4 rings (SSSR count). The summed E-state index contributed by atoms with van der Waals surface area (Å²) in [5, 5.41) is 7.88. The minimum atomic E-state index is -0.447. The average Bonchev–Trinajstić information content (AvgIpc) is 3.23. The zero-order valence-electron chi connectivity index (χ0n) is 15.6. The number of hydrogen-bond donors (Lipinski definition) is 1. The summed E-state index contributed by atoms with van der Waals surface area (Å²) in [6.45, 7) is 5.99. The number of aryl methyl sites for hydroxylation is 1. The van der Waals surface area contributed by atoms with E-state index in [0.717, 1.165) is 12.1 Å². The average molecular weight is 403 g/mol. The van der Waals surface area contributed by atoms with Gasteiger partial charge < -0.3 is 10.1 Å². The van der Waals surface area contributed by atoms with Crippen molar-refractivity contribution in [3.63, 3.8) is 0 Å². The summed E-state index contributed by atoms with van der Waals surface area (Å²) in [4.78, 5) is 31.0. The van der Waals surface area contributed by atoms with Crippen molar-refractivity contribution in [1.29, 1.82) is 0 Å². The van der Waals surface area contributed by atoms with E-state index >= 15 is 0 Å². The first kappa shape index (κ1) is 18.4. The molecule has 0 saturated carbocycles. The fourth-order valence-electron chi connectivity index (χ4n) is 3.08. The third-order valence-corrected chi connectivity index (χ3v) is 4.73. The maximum Gasteiger partial charge on any atom is 0.417 e. The van der Waals surface area contributed by atoms with Crippen molar-refractivity contribution >= 4 is 35.2 Å². The molecule has 4 heterocycles. The number of imidazole rings is 1. The Balaban J connectivity index is 1.63. The number of carbonyl (C=O) groups is 1. The molecule has 146 valence electrons. The lowest BCUT2D eigenvalue weighted by molar-refractivity contribution is 0.178. The van der Waals surface area contributed by atoms with E-state index in [4.69, 9.17) is 16.3 Å². The molecular weight excluding hydrogens is 384 g/mol. The predicted octanol–water partition coefficient (Wildman–Crippen LogP) is 2.78. The predicted molar refractivity (Wildman–Crippen MR) is 103 cm³/mol. The van der Waals surface area contributed by atoms with E-state index in [0.29, 0.717) is 29.2 Å². The summed E-state index contributed by atoms with van der Waals surface area (Å²) in [5.41, 5.74) is 1.48. The van der Waals surface area contributed by atoms with E-state index in [1.807, 2.05) is 13.8 Å². The first-order valence-corrected chi connectivity index (χ1v) is 9.29. The largest absolute Gasteiger partial charge is 0.447 e. The Morgan fingerprint density at radius 3 is 2.96 bits per heavy atom. The van der Waals surface area contributed by atoms with Crippen LogP contribution in [0, 0.1) is 6.92 Å². The molecule has 3 aromatic heterocycles.